The number of aromatic hydroxyl groups is 1. The molecule has 0 heterocycles. The second kappa shape index (κ2) is 9.93. The molecule has 1 aliphatic rings. The van der Waals surface area contributed by atoms with Crippen LogP contribution in [0.25, 0.3) is 11.1 Å². The summed E-state index contributed by atoms with van der Waals surface area (Å²) < 4.78 is 5.63. The third-order valence-corrected chi connectivity index (χ3v) is 8.18. The van der Waals surface area contributed by atoms with E-state index < -0.39 is 11.4 Å². The first-order valence-electron chi connectivity index (χ1n) is 12.0. The molecule has 7 heteroatoms. The molecule has 0 bridgehead atoms. The predicted octanol–water partition coefficient (Wildman–Crippen LogP) is 9.59. The fourth-order valence-corrected chi connectivity index (χ4v) is 6.46. The fraction of sp³-hybridized carbons (Fsp3) is 0.0312. The zero-order chi connectivity index (χ0) is 27.3. The van der Waals surface area contributed by atoms with E-state index in [4.69, 9.17) is 51.1 Å². The largest absolute Gasteiger partial charge is 0.505 e. The summed E-state index contributed by atoms with van der Waals surface area (Å²) >= 11 is 26.5. The maximum absolute atomic E-state index is 12.8. The first kappa shape index (κ1) is 25.8. The number of hydrogen-bond acceptors (Lipinski definition) is 3. The van der Waals surface area contributed by atoms with Crippen LogP contribution in [0.4, 0.5) is 0 Å². The highest BCUT2D eigenvalue weighted by atomic mass is 35.5. The number of fused-ring (bicyclic) bond motifs is 3. The van der Waals surface area contributed by atoms with Gasteiger partial charge in [-0.05, 0) is 69.8 Å². The van der Waals surface area contributed by atoms with Crippen molar-refractivity contribution in [2.45, 2.75) is 5.41 Å². The van der Waals surface area contributed by atoms with Crippen LogP contribution in [-0.4, -0.2) is 11.1 Å². The number of carbonyl (C=O) groups is 1. The summed E-state index contributed by atoms with van der Waals surface area (Å²) in [7, 11) is 0. The van der Waals surface area contributed by atoms with Crippen LogP contribution in [0.2, 0.25) is 20.1 Å². The van der Waals surface area contributed by atoms with Crippen molar-refractivity contribution in [3.05, 3.63) is 151 Å². The van der Waals surface area contributed by atoms with Gasteiger partial charge in [0.05, 0.1) is 31.1 Å². The van der Waals surface area contributed by atoms with Crippen molar-refractivity contribution in [1.29, 1.82) is 0 Å². The summed E-state index contributed by atoms with van der Waals surface area (Å²) in [5.41, 5.74) is 4.85. The van der Waals surface area contributed by atoms with Crippen LogP contribution in [0.5, 0.6) is 11.5 Å². The molecule has 0 fully saturated rings. The van der Waals surface area contributed by atoms with Crippen molar-refractivity contribution in [1.82, 2.24) is 0 Å². The lowest BCUT2D eigenvalue weighted by Crippen LogP contribution is -2.29. The molecule has 0 atom stereocenters. The normalized spacial score (nSPS) is 13.0. The van der Waals surface area contributed by atoms with E-state index in [0.717, 1.165) is 22.3 Å². The number of halogens is 4. The van der Waals surface area contributed by atoms with Crippen molar-refractivity contribution in [3.8, 4) is 22.6 Å². The average molecular weight is 592 g/mol. The molecule has 1 aliphatic carbocycles. The molecule has 5 aromatic carbocycles. The third-order valence-electron chi connectivity index (χ3n) is 7.04. The van der Waals surface area contributed by atoms with Crippen LogP contribution in [0.3, 0.4) is 0 Å². The van der Waals surface area contributed by atoms with Crippen LogP contribution >= 0.6 is 46.4 Å². The highest BCUT2D eigenvalue weighted by Gasteiger charge is 2.47. The molecule has 0 saturated carbocycles. The number of hydrogen-bond donors (Lipinski definition) is 1. The maximum atomic E-state index is 12.8. The van der Waals surface area contributed by atoms with Gasteiger partial charge in [-0.25, -0.2) is 4.79 Å². The number of ether oxygens (including phenoxy) is 1. The minimum atomic E-state index is -0.941. The second-order valence-electron chi connectivity index (χ2n) is 9.15. The van der Waals surface area contributed by atoms with E-state index in [9.17, 15) is 9.90 Å². The van der Waals surface area contributed by atoms with Crippen LogP contribution in [-0.2, 0) is 5.41 Å². The van der Waals surface area contributed by atoms with E-state index in [-0.39, 0.29) is 31.6 Å². The van der Waals surface area contributed by atoms with E-state index in [1.54, 1.807) is 48.5 Å². The lowest BCUT2D eigenvalue weighted by atomic mass is 9.67. The average Bonchev–Trinajstić information content (AvgIpc) is 3.25. The summed E-state index contributed by atoms with van der Waals surface area (Å²) in [4.78, 5) is 12.8. The van der Waals surface area contributed by atoms with E-state index in [1.807, 2.05) is 42.5 Å². The van der Waals surface area contributed by atoms with E-state index in [2.05, 4.69) is 12.1 Å². The molecule has 0 spiro atoms. The molecule has 1 N–H and O–H groups in total. The Morgan fingerprint density at radius 3 is 1.56 bits per heavy atom. The van der Waals surface area contributed by atoms with E-state index in [0.29, 0.717) is 16.7 Å². The molecule has 0 unspecified atom stereocenters. The van der Waals surface area contributed by atoms with Crippen LogP contribution in [0, 0.1) is 0 Å². The van der Waals surface area contributed by atoms with Gasteiger partial charge in [0.25, 0.3) is 0 Å². The highest BCUT2D eigenvalue weighted by molar-refractivity contribution is 6.38. The van der Waals surface area contributed by atoms with Gasteiger partial charge in [0, 0.05) is 0 Å². The van der Waals surface area contributed by atoms with Crippen LogP contribution in [0.1, 0.15) is 32.6 Å². The lowest BCUT2D eigenvalue weighted by molar-refractivity contribution is 0.0735. The molecule has 6 rings (SSSR count). The number of carbonyl (C=O) groups excluding carboxylic acids is 1. The monoisotopic (exact) mass is 590 g/mol. The molecule has 39 heavy (non-hydrogen) atoms. The Labute approximate surface area is 245 Å². The third kappa shape index (κ3) is 4.09. The molecular weight excluding hydrogens is 574 g/mol. The standard InChI is InChI=1S/C32H18Cl4O3/c33-25-14-19(15-26(34)29(25)37)32(23-12-6-4-10-21(23)22-11-5-7-13-24(22)32)20-16-27(35)30(28(36)17-20)39-31(38)18-8-2-1-3-9-18/h1-17,37H. The molecule has 0 radical (unpaired) electrons. The molecule has 5 aromatic rings. The Morgan fingerprint density at radius 1 is 0.615 bits per heavy atom. The zero-order valence-electron chi connectivity index (χ0n) is 20.1. The highest BCUT2D eigenvalue weighted by Crippen LogP contribution is 2.58. The Bertz CT molecular complexity index is 1670. The number of phenolic OH excluding ortho intramolecular Hbond substituents is 1. The smallest absolute Gasteiger partial charge is 0.343 e. The van der Waals surface area contributed by atoms with Crippen molar-refractivity contribution in [2.24, 2.45) is 0 Å². The van der Waals surface area contributed by atoms with Crippen molar-refractivity contribution >= 4 is 52.4 Å². The molecular formula is C32H18Cl4O3. The molecule has 0 aromatic heterocycles. The van der Waals surface area contributed by atoms with Gasteiger partial charge in [-0.3, -0.25) is 0 Å². The second-order valence-corrected chi connectivity index (χ2v) is 10.8. The topological polar surface area (TPSA) is 46.5 Å². The maximum Gasteiger partial charge on any atom is 0.343 e. The van der Waals surface area contributed by atoms with Gasteiger partial charge < -0.3 is 9.84 Å². The van der Waals surface area contributed by atoms with Crippen molar-refractivity contribution in [3.63, 3.8) is 0 Å². The summed E-state index contributed by atoms with van der Waals surface area (Å²) in [6.45, 7) is 0. The predicted molar refractivity (Wildman–Crippen MR) is 157 cm³/mol. The van der Waals surface area contributed by atoms with Gasteiger partial charge in [0.2, 0.25) is 0 Å². The SMILES string of the molecule is O=C(Oc1c(Cl)cc(C2(c3cc(Cl)c(O)c(Cl)c3)c3ccccc3-c3ccccc32)cc1Cl)c1ccccc1. The molecule has 0 saturated heterocycles. The first-order valence-corrected chi connectivity index (χ1v) is 13.5. The Morgan fingerprint density at radius 2 is 1.05 bits per heavy atom. The summed E-state index contributed by atoms with van der Waals surface area (Å²) in [5.74, 6) is -0.709. The van der Waals surface area contributed by atoms with Gasteiger partial charge in [0.1, 0.15) is 0 Å². The minimum absolute atomic E-state index is 0.0624. The number of phenols is 1. The van der Waals surface area contributed by atoms with Crippen molar-refractivity contribution < 1.29 is 14.6 Å². The Kier molecular flexibility index (Phi) is 6.57. The summed E-state index contributed by atoms with van der Waals surface area (Å²) in [6, 6.07) is 31.6. The van der Waals surface area contributed by atoms with Gasteiger partial charge in [-0.2, -0.15) is 0 Å². The van der Waals surface area contributed by atoms with Crippen LogP contribution < -0.4 is 4.74 Å². The van der Waals surface area contributed by atoms with Gasteiger partial charge in [-0.1, -0.05) is 113 Å². The van der Waals surface area contributed by atoms with Gasteiger partial charge in [0.15, 0.2) is 11.5 Å². The quantitative estimate of drug-likeness (QED) is 0.164. The zero-order valence-corrected chi connectivity index (χ0v) is 23.1. The number of rotatable bonds is 4. The molecule has 3 nitrogen and oxygen atoms in total. The van der Waals surface area contributed by atoms with Gasteiger partial charge >= 0.3 is 5.97 Å². The fourth-order valence-electron chi connectivity index (χ4n) is 5.41. The Hall–Kier alpha value is -3.47. The minimum Gasteiger partial charge on any atom is -0.505 e. The van der Waals surface area contributed by atoms with E-state index in [1.165, 1.54) is 0 Å². The Balaban J connectivity index is 1.61. The van der Waals surface area contributed by atoms with Crippen molar-refractivity contribution in [2.75, 3.05) is 0 Å². The molecule has 192 valence electrons. The number of benzene rings is 5. The van der Waals surface area contributed by atoms with E-state index >= 15 is 0 Å². The summed E-state index contributed by atoms with van der Waals surface area (Å²) in [6.07, 6.45) is 0. The molecule has 0 amide bonds. The first-order chi connectivity index (χ1) is 18.8. The molecule has 0 aliphatic heterocycles. The van der Waals surface area contributed by atoms with Crippen LogP contribution in [0.15, 0.2) is 103 Å². The number of esters is 1. The van der Waals surface area contributed by atoms with Gasteiger partial charge in [-0.15, -0.1) is 0 Å². The lowest BCUT2D eigenvalue weighted by Gasteiger charge is -2.34. The summed E-state index contributed by atoms with van der Waals surface area (Å²) in [5, 5.41) is 10.9.